The molecule has 0 fully saturated rings. The van der Waals surface area contributed by atoms with Crippen molar-refractivity contribution < 1.29 is 9.53 Å². The average molecular weight is 259 g/mol. The monoisotopic (exact) mass is 259 g/mol. The summed E-state index contributed by atoms with van der Waals surface area (Å²) < 4.78 is 5.30. The van der Waals surface area contributed by atoms with Gasteiger partial charge < -0.3 is 9.64 Å². The number of carbonyl (C=O) groups is 1. The number of amides is 1. The van der Waals surface area contributed by atoms with Crippen LogP contribution in [0.3, 0.4) is 0 Å². The summed E-state index contributed by atoms with van der Waals surface area (Å²) >= 11 is 0. The fourth-order valence-corrected chi connectivity index (χ4v) is 1.65. The van der Waals surface area contributed by atoms with Crippen molar-refractivity contribution in [3.8, 4) is 0 Å². The molecule has 0 aliphatic rings. The quantitative estimate of drug-likeness (QED) is 0.728. The van der Waals surface area contributed by atoms with Gasteiger partial charge in [0, 0.05) is 13.1 Å². The van der Waals surface area contributed by atoms with E-state index >= 15 is 0 Å². The Labute approximate surface area is 115 Å². The SMILES string of the molecule is C=C(C)CN(CC(=C)C)C(=O)OCc1ccccc1. The number of ether oxygens (including phenoxy) is 1. The maximum atomic E-state index is 12.0. The van der Waals surface area contributed by atoms with E-state index in [4.69, 9.17) is 4.74 Å². The lowest BCUT2D eigenvalue weighted by molar-refractivity contribution is 0.102. The lowest BCUT2D eigenvalue weighted by Crippen LogP contribution is -2.34. The molecule has 0 N–H and O–H groups in total. The smallest absolute Gasteiger partial charge is 0.410 e. The van der Waals surface area contributed by atoms with Gasteiger partial charge in [0.05, 0.1) is 0 Å². The van der Waals surface area contributed by atoms with E-state index in [1.165, 1.54) is 0 Å². The second-order valence-corrected chi connectivity index (χ2v) is 4.81. The van der Waals surface area contributed by atoms with Crippen molar-refractivity contribution in [2.24, 2.45) is 0 Å². The third kappa shape index (κ3) is 5.91. The molecule has 19 heavy (non-hydrogen) atoms. The third-order valence-corrected chi connectivity index (χ3v) is 2.38. The van der Waals surface area contributed by atoms with Crippen LogP contribution in [0, 0.1) is 0 Å². The van der Waals surface area contributed by atoms with E-state index in [0.29, 0.717) is 13.1 Å². The highest BCUT2D eigenvalue weighted by molar-refractivity contribution is 5.68. The largest absolute Gasteiger partial charge is 0.445 e. The van der Waals surface area contributed by atoms with Gasteiger partial charge in [-0.2, -0.15) is 0 Å². The van der Waals surface area contributed by atoms with Crippen LogP contribution in [0.1, 0.15) is 19.4 Å². The molecule has 0 unspecified atom stereocenters. The fraction of sp³-hybridized carbons (Fsp3) is 0.312. The molecule has 1 aromatic carbocycles. The van der Waals surface area contributed by atoms with Gasteiger partial charge in [-0.15, -0.1) is 0 Å². The van der Waals surface area contributed by atoms with Crippen LogP contribution in [-0.4, -0.2) is 24.1 Å². The summed E-state index contributed by atoms with van der Waals surface area (Å²) in [6.07, 6.45) is -0.338. The van der Waals surface area contributed by atoms with E-state index in [1.54, 1.807) is 4.90 Å². The third-order valence-electron chi connectivity index (χ3n) is 2.38. The average Bonchev–Trinajstić information content (AvgIpc) is 2.35. The zero-order valence-corrected chi connectivity index (χ0v) is 11.7. The second kappa shape index (κ2) is 7.41. The lowest BCUT2D eigenvalue weighted by Gasteiger charge is -2.22. The van der Waals surface area contributed by atoms with Gasteiger partial charge >= 0.3 is 6.09 Å². The van der Waals surface area contributed by atoms with Crippen molar-refractivity contribution in [1.82, 2.24) is 4.90 Å². The molecule has 0 atom stereocenters. The van der Waals surface area contributed by atoms with Crippen molar-refractivity contribution in [3.05, 3.63) is 60.2 Å². The van der Waals surface area contributed by atoms with Crippen molar-refractivity contribution >= 4 is 6.09 Å². The molecule has 0 heterocycles. The summed E-state index contributed by atoms with van der Waals surface area (Å²) in [4.78, 5) is 13.6. The molecule has 0 bridgehead atoms. The first kappa shape index (κ1) is 15.0. The lowest BCUT2D eigenvalue weighted by atomic mass is 10.2. The Morgan fingerprint density at radius 2 is 1.63 bits per heavy atom. The summed E-state index contributed by atoms with van der Waals surface area (Å²) in [5, 5.41) is 0. The molecule has 0 saturated carbocycles. The summed E-state index contributed by atoms with van der Waals surface area (Å²) in [7, 11) is 0. The predicted octanol–water partition coefficient (Wildman–Crippen LogP) is 3.78. The van der Waals surface area contributed by atoms with E-state index in [9.17, 15) is 4.79 Å². The van der Waals surface area contributed by atoms with Crippen LogP contribution in [0.15, 0.2) is 54.6 Å². The van der Waals surface area contributed by atoms with E-state index in [-0.39, 0.29) is 12.7 Å². The van der Waals surface area contributed by atoms with Crippen LogP contribution in [-0.2, 0) is 11.3 Å². The first-order valence-electron chi connectivity index (χ1n) is 6.23. The maximum Gasteiger partial charge on any atom is 0.410 e. The van der Waals surface area contributed by atoms with Crippen LogP contribution >= 0.6 is 0 Å². The van der Waals surface area contributed by atoms with Gasteiger partial charge in [0.1, 0.15) is 6.61 Å². The number of hydrogen-bond acceptors (Lipinski definition) is 2. The van der Waals surface area contributed by atoms with Crippen LogP contribution < -0.4 is 0 Å². The molecule has 3 heteroatoms. The first-order chi connectivity index (χ1) is 8.99. The van der Waals surface area contributed by atoms with Gasteiger partial charge in [-0.3, -0.25) is 0 Å². The minimum absolute atomic E-state index is 0.280. The Kier molecular flexibility index (Phi) is 5.86. The van der Waals surface area contributed by atoms with Crippen LogP contribution in [0.4, 0.5) is 4.79 Å². The number of carbonyl (C=O) groups excluding carboxylic acids is 1. The highest BCUT2D eigenvalue weighted by Gasteiger charge is 2.15. The second-order valence-electron chi connectivity index (χ2n) is 4.81. The molecule has 1 amide bonds. The number of hydrogen-bond donors (Lipinski definition) is 0. The molecule has 0 aromatic heterocycles. The van der Waals surface area contributed by atoms with E-state index in [1.807, 2.05) is 44.2 Å². The van der Waals surface area contributed by atoms with Gasteiger partial charge in [-0.1, -0.05) is 54.6 Å². The number of rotatable bonds is 6. The van der Waals surface area contributed by atoms with Gasteiger partial charge in [0.25, 0.3) is 0 Å². The van der Waals surface area contributed by atoms with Gasteiger partial charge in [-0.25, -0.2) is 4.79 Å². The molecule has 102 valence electrons. The molecule has 1 aromatic rings. The normalized spacial score (nSPS) is 9.79. The summed E-state index contributed by atoms with van der Waals surface area (Å²) in [6.45, 7) is 12.7. The van der Waals surface area contributed by atoms with Gasteiger partial charge in [0.2, 0.25) is 0 Å². The first-order valence-corrected chi connectivity index (χ1v) is 6.23. The topological polar surface area (TPSA) is 29.5 Å². The van der Waals surface area contributed by atoms with E-state index in [2.05, 4.69) is 13.2 Å². The molecule has 3 nitrogen and oxygen atoms in total. The predicted molar refractivity (Wildman–Crippen MR) is 77.8 cm³/mol. The summed E-state index contributed by atoms with van der Waals surface area (Å²) in [5.41, 5.74) is 2.80. The molecule has 0 spiro atoms. The minimum Gasteiger partial charge on any atom is -0.445 e. The molecule has 0 radical (unpaired) electrons. The van der Waals surface area contributed by atoms with Gasteiger partial charge in [0.15, 0.2) is 0 Å². The molecule has 1 rings (SSSR count). The minimum atomic E-state index is -0.338. The molecule has 0 saturated heterocycles. The Balaban J connectivity index is 2.56. The van der Waals surface area contributed by atoms with Crippen molar-refractivity contribution in [1.29, 1.82) is 0 Å². The molecule has 0 aliphatic heterocycles. The maximum absolute atomic E-state index is 12.0. The number of nitrogens with zero attached hydrogens (tertiary/aromatic N) is 1. The fourth-order valence-electron chi connectivity index (χ4n) is 1.65. The van der Waals surface area contributed by atoms with Crippen LogP contribution in [0.2, 0.25) is 0 Å². The van der Waals surface area contributed by atoms with Crippen molar-refractivity contribution in [2.75, 3.05) is 13.1 Å². The molecular weight excluding hydrogens is 238 g/mol. The zero-order chi connectivity index (χ0) is 14.3. The summed E-state index contributed by atoms with van der Waals surface area (Å²) in [5.74, 6) is 0. The van der Waals surface area contributed by atoms with Crippen LogP contribution in [0.5, 0.6) is 0 Å². The van der Waals surface area contributed by atoms with Gasteiger partial charge in [-0.05, 0) is 19.4 Å². The highest BCUT2D eigenvalue weighted by Crippen LogP contribution is 2.06. The van der Waals surface area contributed by atoms with E-state index in [0.717, 1.165) is 16.7 Å². The number of benzene rings is 1. The molecule has 0 aliphatic carbocycles. The highest BCUT2D eigenvalue weighted by atomic mass is 16.6. The Bertz CT molecular complexity index is 435. The molecular formula is C16H21NO2. The Morgan fingerprint density at radius 1 is 1.11 bits per heavy atom. The van der Waals surface area contributed by atoms with Crippen LogP contribution in [0.25, 0.3) is 0 Å². The standard InChI is InChI=1S/C16H21NO2/c1-13(2)10-17(11-14(3)4)16(18)19-12-15-8-6-5-7-9-15/h5-9H,1,3,10-12H2,2,4H3. The summed E-state index contributed by atoms with van der Waals surface area (Å²) in [6, 6.07) is 9.62. The van der Waals surface area contributed by atoms with Crippen molar-refractivity contribution in [2.45, 2.75) is 20.5 Å². The Morgan fingerprint density at radius 3 is 2.11 bits per heavy atom. The van der Waals surface area contributed by atoms with Crippen molar-refractivity contribution in [3.63, 3.8) is 0 Å². The Hall–Kier alpha value is -2.03. The van der Waals surface area contributed by atoms with E-state index < -0.39 is 0 Å². The zero-order valence-electron chi connectivity index (χ0n) is 11.7.